The second kappa shape index (κ2) is 14.3. The van der Waals surface area contributed by atoms with E-state index in [1.54, 1.807) is 0 Å². The summed E-state index contributed by atoms with van der Waals surface area (Å²) in [5.74, 6) is 2.45. The first-order valence-corrected chi connectivity index (χ1v) is 15.9. The second-order valence-corrected chi connectivity index (χ2v) is 13.3. The van der Waals surface area contributed by atoms with Gasteiger partial charge in [0.15, 0.2) is 11.5 Å². The van der Waals surface area contributed by atoms with Crippen LogP contribution in [0.5, 0.6) is 11.5 Å². The van der Waals surface area contributed by atoms with Crippen molar-refractivity contribution in [1.82, 2.24) is 0 Å². The molecule has 0 saturated heterocycles. The SMILES string of the molecule is CCCCCCCC[S+]([O-])C(C)Cc1ccc2c(c1)OCO2.c1ccc2c(c1)Sc1ccccc1S2. The fraction of sp³-hybridized carbons (Fsp3) is 0.400. The van der Waals surface area contributed by atoms with Crippen molar-refractivity contribution in [1.29, 1.82) is 0 Å². The Bertz CT molecular complexity index is 1020. The van der Waals surface area contributed by atoms with Crippen LogP contribution in [-0.2, 0) is 17.6 Å². The lowest BCUT2D eigenvalue weighted by atomic mass is 10.1. The summed E-state index contributed by atoms with van der Waals surface area (Å²) in [7, 11) is 0. The van der Waals surface area contributed by atoms with E-state index in [0.29, 0.717) is 6.79 Å². The van der Waals surface area contributed by atoms with Gasteiger partial charge in [-0.05, 0) is 61.7 Å². The van der Waals surface area contributed by atoms with Crippen LogP contribution in [0.4, 0.5) is 0 Å². The average Bonchev–Trinajstić information content (AvgIpc) is 3.37. The lowest BCUT2D eigenvalue weighted by Crippen LogP contribution is -2.23. The van der Waals surface area contributed by atoms with Crippen molar-refractivity contribution in [2.75, 3.05) is 12.5 Å². The first-order valence-electron chi connectivity index (χ1n) is 12.9. The van der Waals surface area contributed by atoms with Gasteiger partial charge in [0.1, 0.15) is 11.0 Å². The number of fused-ring (bicyclic) bond motifs is 3. The molecule has 2 atom stereocenters. The monoisotopic (exact) mass is 540 g/mol. The van der Waals surface area contributed by atoms with E-state index in [4.69, 9.17) is 9.47 Å². The molecule has 6 heteroatoms. The predicted molar refractivity (Wildman–Crippen MR) is 153 cm³/mol. The molecule has 2 aliphatic heterocycles. The van der Waals surface area contributed by atoms with Crippen LogP contribution in [0, 0.1) is 0 Å². The number of hydrogen-bond donors (Lipinski definition) is 0. The number of unbranched alkanes of at least 4 members (excludes halogenated alkanes) is 5. The van der Waals surface area contributed by atoms with Crippen LogP contribution in [0.25, 0.3) is 0 Å². The first-order chi connectivity index (χ1) is 17.6. The number of ether oxygens (including phenoxy) is 2. The Hall–Kier alpha value is -1.73. The highest BCUT2D eigenvalue weighted by atomic mass is 32.2. The first kappa shape index (κ1) is 27.3. The Morgan fingerprint density at radius 2 is 1.33 bits per heavy atom. The average molecular weight is 541 g/mol. The van der Waals surface area contributed by atoms with Crippen LogP contribution in [-0.4, -0.2) is 22.3 Å². The van der Waals surface area contributed by atoms with Crippen LogP contribution < -0.4 is 9.47 Å². The van der Waals surface area contributed by atoms with Gasteiger partial charge >= 0.3 is 0 Å². The van der Waals surface area contributed by atoms with Crippen LogP contribution in [0.15, 0.2) is 86.3 Å². The highest BCUT2D eigenvalue weighted by Gasteiger charge is 2.20. The van der Waals surface area contributed by atoms with E-state index in [-0.39, 0.29) is 5.25 Å². The topological polar surface area (TPSA) is 41.5 Å². The highest BCUT2D eigenvalue weighted by molar-refractivity contribution is 8.05. The second-order valence-electron chi connectivity index (χ2n) is 9.15. The Labute approximate surface area is 227 Å². The maximum absolute atomic E-state index is 12.3. The van der Waals surface area contributed by atoms with Crippen LogP contribution in [0.3, 0.4) is 0 Å². The van der Waals surface area contributed by atoms with E-state index in [9.17, 15) is 4.55 Å². The summed E-state index contributed by atoms with van der Waals surface area (Å²) in [6.45, 7) is 4.61. The summed E-state index contributed by atoms with van der Waals surface area (Å²) in [5, 5.41) is 0.191. The fourth-order valence-electron chi connectivity index (χ4n) is 4.19. The Balaban J connectivity index is 0.000000185. The molecule has 3 nitrogen and oxygen atoms in total. The molecule has 0 spiro atoms. The molecule has 0 aliphatic carbocycles. The number of benzene rings is 3. The summed E-state index contributed by atoms with van der Waals surface area (Å²) >= 11 is 2.98. The van der Waals surface area contributed by atoms with Crippen LogP contribution >= 0.6 is 23.5 Å². The predicted octanol–water partition coefficient (Wildman–Crippen LogP) is 8.76. The van der Waals surface area contributed by atoms with Gasteiger partial charge in [-0.15, -0.1) is 0 Å². The van der Waals surface area contributed by atoms with E-state index in [1.807, 2.05) is 41.7 Å². The van der Waals surface area contributed by atoms with Gasteiger partial charge in [0.2, 0.25) is 6.79 Å². The number of hydrogen-bond acceptors (Lipinski definition) is 5. The molecular formula is C30H36O3S3. The molecular weight excluding hydrogens is 505 g/mol. The largest absolute Gasteiger partial charge is 0.616 e. The van der Waals surface area contributed by atoms with Crippen molar-refractivity contribution in [2.24, 2.45) is 0 Å². The van der Waals surface area contributed by atoms with Crippen molar-refractivity contribution < 1.29 is 14.0 Å². The van der Waals surface area contributed by atoms with Gasteiger partial charge in [-0.1, -0.05) is 97.6 Å². The maximum Gasteiger partial charge on any atom is 0.231 e. The van der Waals surface area contributed by atoms with Gasteiger partial charge in [-0.25, -0.2) is 0 Å². The van der Waals surface area contributed by atoms with Gasteiger partial charge in [0, 0.05) is 26.0 Å². The van der Waals surface area contributed by atoms with E-state index < -0.39 is 11.2 Å². The van der Waals surface area contributed by atoms with Gasteiger partial charge in [-0.2, -0.15) is 0 Å². The maximum atomic E-state index is 12.3. The summed E-state index contributed by atoms with van der Waals surface area (Å²) in [4.78, 5) is 5.49. The molecule has 0 radical (unpaired) electrons. The molecule has 0 saturated carbocycles. The molecule has 192 valence electrons. The zero-order valence-corrected chi connectivity index (χ0v) is 23.7. The number of rotatable bonds is 10. The van der Waals surface area contributed by atoms with Crippen molar-refractivity contribution in [2.45, 2.75) is 83.6 Å². The Morgan fingerprint density at radius 1 is 0.778 bits per heavy atom. The Morgan fingerprint density at radius 3 is 1.94 bits per heavy atom. The molecule has 3 aromatic rings. The molecule has 0 aromatic heterocycles. The minimum absolute atomic E-state index is 0.191. The molecule has 0 amide bonds. The standard InChI is InChI=1S/C18H28O3S.C12H8S2/c1-3-4-5-6-7-8-11-22(19)15(2)12-16-9-10-17-18(13-16)21-14-20-17;1-2-6-10-9(5-1)13-11-7-3-4-8-12(11)14-10/h9-10,13,15H,3-8,11-12,14H2,1-2H3;1-8H. The molecule has 2 unspecified atom stereocenters. The molecule has 0 N–H and O–H groups in total. The highest BCUT2D eigenvalue weighted by Crippen LogP contribution is 2.47. The quantitative estimate of drug-likeness (QED) is 0.149. The van der Waals surface area contributed by atoms with Gasteiger partial charge in [0.25, 0.3) is 0 Å². The van der Waals surface area contributed by atoms with E-state index in [1.165, 1.54) is 57.2 Å². The smallest absolute Gasteiger partial charge is 0.231 e. The van der Waals surface area contributed by atoms with Gasteiger partial charge in [0.05, 0.1) is 0 Å². The molecule has 0 bridgehead atoms. The normalized spacial score (nSPS) is 14.8. The summed E-state index contributed by atoms with van der Waals surface area (Å²) < 4.78 is 23.0. The van der Waals surface area contributed by atoms with E-state index >= 15 is 0 Å². The molecule has 5 rings (SSSR count). The molecule has 2 aliphatic rings. The lowest BCUT2D eigenvalue weighted by molar-refractivity contribution is 0.174. The minimum Gasteiger partial charge on any atom is -0.616 e. The molecule has 3 aromatic carbocycles. The molecule has 2 heterocycles. The van der Waals surface area contributed by atoms with Crippen molar-refractivity contribution >= 4 is 34.7 Å². The Kier molecular flexibility index (Phi) is 10.8. The minimum atomic E-state index is -0.743. The van der Waals surface area contributed by atoms with Crippen LogP contribution in [0.2, 0.25) is 0 Å². The third-order valence-electron chi connectivity index (χ3n) is 6.25. The van der Waals surface area contributed by atoms with Crippen LogP contribution in [0.1, 0.15) is 57.9 Å². The van der Waals surface area contributed by atoms with Crippen molar-refractivity contribution in [3.8, 4) is 11.5 Å². The summed E-state index contributed by atoms with van der Waals surface area (Å²) in [6, 6.07) is 23.1. The fourth-order valence-corrected chi connectivity index (χ4v) is 7.70. The zero-order chi connectivity index (χ0) is 25.2. The van der Waals surface area contributed by atoms with Crippen molar-refractivity contribution in [3.05, 3.63) is 72.3 Å². The van der Waals surface area contributed by atoms with E-state index in [2.05, 4.69) is 62.4 Å². The molecule has 0 fully saturated rings. The lowest BCUT2D eigenvalue weighted by Gasteiger charge is -2.18. The zero-order valence-electron chi connectivity index (χ0n) is 21.2. The van der Waals surface area contributed by atoms with Crippen molar-refractivity contribution in [3.63, 3.8) is 0 Å². The third-order valence-corrected chi connectivity index (χ3v) is 10.6. The third kappa shape index (κ3) is 7.88. The summed E-state index contributed by atoms with van der Waals surface area (Å²) in [5.41, 5.74) is 1.17. The van der Waals surface area contributed by atoms with Gasteiger partial charge < -0.3 is 14.0 Å². The van der Waals surface area contributed by atoms with E-state index in [0.717, 1.165) is 30.1 Å². The molecule has 36 heavy (non-hydrogen) atoms. The summed E-state index contributed by atoms with van der Waals surface area (Å²) in [6.07, 6.45) is 8.32. The van der Waals surface area contributed by atoms with Gasteiger partial charge in [-0.3, -0.25) is 0 Å².